The van der Waals surface area contributed by atoms with Gasteiger partial charge >= 0.3 is 0 Å². The third-order valence-electron chi connectivity index (χ3n) is 3.20. The maximum absolute atomic E-state index is 12.4. The number of halogens is 1. The van der Waals surface area contributed by atoms with Crippen LogP contribution in [-0.2, 0) is 9.84 Å². The molecular weight excluding hydrogens is 374 g/mol. The van der Waals surface area contributed by atoms with Gasteiger partial charge in [-0.2, -0.15) is 5.10 Å². The summed E-state index contributed by atoms with van der Waals surface area (Å²) in [5, 5.41) is 7.47. The smallest absolute Gasteiger partial charge is 0.188 e. The van der Waals surface area contributed by atoms with Gasteiger partial charge in [0.25, 0.3) is 0 Å². The van der Waals surface area contributed by atoms with Crippen molar-refractivity contribution in [3.8, 4) is 11.1 Å². The van der Waals surface area contributed by atoms with Gasteiger partial charge in [0, 0.05) is 10.0 Å². The highest BCUT2D eigenvalue weighted by atomic mass is 79.9. The monoisotopic (exact) mass is 385 g/mol. The molecular formula is C13H12BrN3O2S2. The Hall–Kier alpha value is -1.38. The number of hydrogen-bond donors (Lipinski definition) is 2. The Morgan fingerprint density at radius 3 is 2.62 bits per heavy atom. The molecule has 0 spiro atoms. The molecule has 5 nitrogen and oxygen atoms in total. The maximum Gasteiger partial charge on any atom is 0.188 e. The van der Waals surface area contributed by atoms with Crippen LogP contribution >= 0.6 is 27.3 Å². The molecule has 0 atom stereocenters. The topological polar surface area (TPSA) is 88.8 Å². The molecule has 0 bridgehead atoms. The molecule has 110 valence electrons. The Kier molecular flexibility index (Phi) is 3.54. The summed E-state index contributed by atoms with van der Waals surface area (Å²) < 4.78 is 26.0. The van der Waals surface area contributed by atoms with Crippen molar-refractivity contribution in [1.82, 2.24) is 10.2 Å². The van der Waals surface area contributed by atoms with Crippen LogP contribution in [-0.4, -0.2) is 24.4 Å². The third-order valence-corrected chi connectivity index (χ3v) is 7.15. The lowest BCUT2D eigenvalue weighted by molar-refractivity contribution is 0.599. The van der Waals surface area contributed by atoms with Crippen LogP contribution in [0.3, 0.4) is 0 Å². The van der Waals surface area contributed by atoms with Crippen molar-refractivity contribution < 1.29 is 8.42 Å². The quantitative estimate of drug-likeness (QED) is 0.722. The number of sulfone groups is 1. The number of hydrogen-bond acceptors (Lipinski definition) is 5. The molecule has 0 aliphatic heterocycles. The highest BCUT2D eigenvalue weighted by Crippen LogP contribution is 2.43. The second-order valence-corrected chi connectivity index (χ2v) is 8.88. The number of nitrogen functional groups attached to an aromatic ring is 1. The van der Waals surface area contributed by atoms with Crippen LogP contribution in [0.2, 0.25) is 0 Å². The fraction of sp³-hybridized carbons (Fsp3) is 0.154. The fourth-order valence-electron chi connectivity index (χ4n) is 2.12. The molecule has 0 saturated heterocycles. The second kappa shape index (κ2) is 5.11. The van der Waals surface area contributed by atoms with Crippen LogP contribution in [0, 0.1) is 0 Å². The molecule has 8 heteroatoms. The molecule has 0 fully saturated rings. The highest BCUT2D eigenvalue weighted by molar-refractivity contribution is 9.10. The number of rotatable bonds is 3. The summed E-state index contributed by atoms with van der Waals surface area (Å²) in [5.41, 5.74) is 7.37. The summed E-state index contributed by atoms with van der Waals surface area (Å²) in [6.07, 6.45) is 0. The van der Waals surface area contributed by atoms with E-state index in [9.17, 15) is 8.42 Å². The Morgan fingerprint density at radius 1 is 1.33 bits per heavy atom. The van der Waals surface area contributed by atoms with E-state index in [0.717, 1.165) is 21.4 Å². The van der Waals surface area contributed by atoms with E-state index in [1.165, 1.54) is 0 Å². The Balaban J connectivity index is 2.39. The van der Waals surface area contributed by atoms with Crippen LogP contribution in [0.5, 0.6) is 0 Å². The van der Waals surface area contributed by atoms with E-state index in [4.69, 9.17) is 5.73 Å². The predicted octanol–water partition coefficient (Wildman–Crippen LogP) is 3.43. The molecule has 3 rings (SSSR count). The molecule has 0 radical (unpaired) electrons. The Bertz CT molecular complexity index is 911. The van der Waals surface area contributed by atoms with Gasteiger partial charge in [0.2, 0.25) is 0 Å². The van der Waals surface area contributed by atoms with E-state index in [1.807, 2.05) is 24.3 Å². The molecule has 0 amide bonds. The Labute approximate surface area is 134 Å². The Morgan fingerprint density at radius 2 is 2.00 bits per heavy atom. The molecule has 2 heterocycles. The average Bonchev–Trinajstić information content (AvgIpc) is 3.01. The zero-order valence-corrected chi connectivity index (χ0v) is 14.3. The van der Waals surface area contributed by atoms with E-state index in [0.29, 0.717) is 25.8 Å². The molecule has 21 heavy (non-hydrogen) atoms. The minimum absolute atomic E-state index is 0.0449. The van der Waals surface area contributed by atoms with Gasteiger partial charge < -0.3 is 5.73 Å². The van der Waals surface area contributed by atoms with E-state index < -0.39 is 9.84 Å². The van der Waals surface area contributed by atoms with Gasteiger partial charge in [-0.25, -0.2) is 8.42 Å². The first-order chi connectivity index (χ1) is 9.94. The van der Waals surface area contributed by atoms with Crippen molar-refractivity contribution in [2.45, 2.75) is 11.1 Å². The minimum Gasteiger partial charge on any atom is -0.384 e. The van der Waals surface area contributed by atoms with Gasteiger partial charge in [0.1, 0.15) is 14.9 Å². The van der Waals surface area contributed by atoms with Crippen molar-refractivity contribution in [3.05, 3.63) is 28.7 Å². The summed E-state index contributed by atoms with van der Waals surface area (Å²) in [5.74, 6) is 0.431. The number of nitrogens with one attached hydrogen (secondary N) is 1. The molecule has 2 aromatic heterocycles. The number of aromatic amines is 1. The van der Waals surface area contributed by atoms with Crippen molar-refractivity contribution in [2.75, 3.05) is 11.5 Å². The largest absolute Gasteiger partial charge is 0.384 e. The average molecular weight is 386 g/mol. The molecule has 0 aliphatic carbocycles. The van der Waals surface area contributed by atoms with Crippen LogP contribution in [0.25, 0.3) is 21.3 Å². The van der Waals surface area contributed by atoms with Crippen LogP contribution in [0.4, 0.5) is 5.82 Å². The number of H-pyrrole nitrogens is 1. The van der Waals surface area contributed by atoms with Crippen molar-refractivity contribution in [2.24, 2.45) is 0 Å². The van der Waals surface area contributed by atoms with Gasteiger partial charge in [-0.15, -0.1) is 11.3 Å². The summed E-state index contributed by atoms with van der Waals surface area (Å²) in [7, 11) is -3.34. The van der Waals surface area contributed by atoms with Crippen molar-refractivity contribution >= 4 is 53.1 Å². The van der Waals surface area contributed by atoms with E-state index in [2.05, 4.69) is 26.1 Å². The summed E-state index contributed by atoms with van der Waals surface area (Å²) in [4.78, 5) is 0.609. The first kappa shape index (κ1) is 14.6. The first-order valence-corrected chi connectivity index (χ1v) is 9.45. The lowest BCUT2D eigenvalue weighted by Gasteiger charge is -2.05. The summed E-state index contributed by atoms with van der Waals surface area (Å²) in [6.45, 7) is 1.63. The van der Waals surface area contributed by atoms with Crippen molar-refractivity contribution in [3.63, 3.8) is 0 Å². The molecule has 3 N–H and O–H groups in total. The minimum atomic E-state index is -3.34. The zero-order valence-electron chi connectivity index (χ0n) is 11.1. The van der Waals surface area contributed by atoms with E-state index in [1.54, 1.807) is 6.92 Å². The normalized spacial score (nSPS) is 12.1. The number of thiophene rings is 1. The lowest BCUT2D eigenvalue weighted by atomic mass is 10.1. The maximum atomic E-state index is 12.4. The number of benzene rings is 1. The predicted molar refractivity (Wildman–Crippen MR) is 89.2 cm³/mol. The fourth-order valence-corrected chi connectivity index (χ4v) is 5.18. The van der Waals surface area contributed by atoms with Gasteiger partial charge in [-0.1, -0.05) is 35.0 Å². The molecule has 0 unspecified atom stereocenters. The molecule has 1 aromatic carbocycles. The highest BCUT2D eigenvalue weighted by Gasteiger charge is 2.26. The number of fused-ring (bicyclic) bond motifs is 1. The van der Waals surface area contributed by atoms with Gasteiger partial charge in [-0.05, 0) is 17.7 Å². The number of nitrogens with two attached hydrogens (primary N) is 1. The zero-order chi connectivity index (χ0) is 15.2. The summed E-state index contributed by atoms with van der Waals surface area (Å²) >= 11 is 4.53. The number of anilines is 1. The SMILES string of the molecule is CCS(=O)(=O)c1sc2n[nH]c(N)c2c1-c1ccc(Br)cc1. The van der Waals surface area contributed by atoms with Gasteiger partial charge in [0.05, 0.1) is 11.1 Å². The summed E-state index contributed by atoms with van der Waals surface area (Å²) in [6, 6.07) is 7.48. The number of aromatic nitrogens is 2. The van der Waals surface area contributed by atoms with E-state index >= 15 is 0 Å². The molecule has 0 aliphatic rings. The van der Waals surface area contributed by atoms with Gasteiger partial charge in [0.15, 0.2) is 9.84 Å². The van der Waals surface area contributed by atoms with Crippen LogP contribution in [0.15, 0.2) is 32.9 Å². The van der Waals surface area contributed by atoms with Crippen LogP contribution < -0.4 is 5.73 Å². The standard InChI is InChI=1S/C13H12BrN3O2S2/c1-2-21(18,19)13-9(7-3-5-8(14)6-4-7)10-11(15)16-17-12(10)20-13/h3-6H,2H2,1H3,(H3,15,16,17). The molecule has 0 saturated carbocycles. The second-order valence-electron chi connectivity index (χ2n) is 4.49. The van der Waals surface area contributed by atoms with Crippen LogP contribution in [0.1, 0.15) is 6.92 Å². The third kappa shape index (κ3) is 2.37. The lowest BCUT2D eigenvalue weighted by Crippen LogP contribution is -2.03. The van der Waals surface area contributed by atoms with Crippen molar-refractivity contribution in [1.29, 1.82) is 0 Å². The number of nitrogens with zero attached hydrogens (tertiary/aromatic N) is 1. The molecule has 3 aromatic rings. The van der Waals surface area contributed by atoms with Gasteiger partial charge in [-0.3, -0.25) is 5.10 Å². The first-order valence-electron chi connectivity index (χ1n) is 6.19. The van der Waals surface area contributed by atoms with E-state index in [-0.39, 0.29) is 5.75 Å².